The van der Waals surface area contributed by atoms with Gasteiger partial charge in [-0.2, -0.15) is 0 Å². The van der Waals surface area contributed by atoms with Gasteiger partial charge in [-0.05, 0) is 35.1 Å². The van der Waals surface area contributed by atoms with Gasteiger partial charge in [-0.1, -0.05) is 13.8 Å². The van der Waals surface area contributed by atoms with Crippen LogP contribution in [0.5, 0.6) is 5.75 Å². The summed E-state index contributed by atoms with van der Waals surface area (Å²) >= 11 is 3.35. The quantitative estimate of drug-likeness (QED) is 0.907. The second-order valence-electron chi connectivity index (χ2n) is 4.66. The second kappa shape index (κ2) is 3.96. The van der Waals surface area contributed by atoms with Crippen molar-refractivity contribution in [2.75, 3.05) is 13.7 Å². The molecule has 94 valence electrons. The summed E-state index contributed by atoms with van der Waals surface area (Å²) in [6.45, 7) is 4.62. The molecule has 0 aromatic heterocycles. The number of halogens is 1. The zero-order valence-electron chi connectivity index (χ0n) is 9.87. The number of nitrogens with one attached hydrogen (secondary N) is 1. The van der Waals surface area contributed by atoms with Crippen molar-refractivity contribution in [1.29, 1.82) is 0 Å². The van der Waals surface area contributed by atoms with Crippen molar-refractivity contribution in [2.45, 2.75) is 24.2 Å². The number of ether oxygens (including phenoxy) is 1. The van der Waals surface area contributed by atoms with E-state index in [1.54, 1.807) is 12.1 Å². The summed E-state index contributed by atoms with van der Waals surface area (Å²) in [6.07, 6.45) is 0. The number of hydrogen-bond acceptors (Lipinski definition) is 3. The number of hydrogen-bond donors (Lipinski definition) is 1. The van der Waals surface area contributed by atoms with E-state index < -0.39 is 10.0 Å². The van der Waals surface area contributed by atoms with Crippen LogP contribution in [-0.4, -0.2) is 22.1 Å². The van der Waals surface area contributed by atoms with Gasteiger partial charge in [0.2, 0.25) is 10.0 Å². The minimum Gasteiger partial charge on any atom is -0.491 e. The highest BCUT2D eigenvalue weighted by atomic mass is 79.9. The summed E-state index contributed by atoms with van der Waals surface area (Å²) in [4.78, 5) is 0.254. The lowest BCUT2D eigenvalue weighted by atomic mass is 9.87. The zero-order chi connectivity index (χ0) is 12.8. The number of sulfonamides is 1. The zero-order valence-corrected chi connectivity index (χ0v) is 12.3. The fourth-order valence-corrected chi connectivity index (χ4v) is 3.33. The fourth-order valence-electron chi connectivity index (χ4n) is 1.82. The minimum atomic E-state index is -3.43. The third kappa shape index (κ3) is 2.09. The predicted molar refractivity (Wildman–Crippen MR) is 68.9 cm³/mol. The van der Waals surface area contributed by atoms with Crippen LogP contribution in [0.4, 0.5) is 0 Å². The predicted octanol–water partition coefficient (Wildman–Crippen LogP) is 2.03. The molecular formula is C11H14BrNO3S. The molecule has 17 heavy (non-hydrogen) atoms. The molecule has 4 nitrogen and oxygen atoms in total. The molecule has 1 aliphatic rings. The molecule has 0 saturated carbocycles. The van der Waals surface area contributed by atoms with E-state index in [1.807, 2.05) is 13.8 Å². The Hall–Kier alpha value is -0.590. The maximum atomic E-state index is 11.8. The molecule has 6 heteroatoms. The topological polar surface area (TPSA) is 55.4 Å². The lowest BCUT2D eigenvalue weighted by molar-refractivity contribution is 0.290. The third-order valence-corrected chi connectivity index (χ3v) is 4.89. The highest BCUT2D eigenvalue weighted by molar-refractivity contribution is 9.10. The SMILES string of the molecule is CNS(=O)(=O)c1cc(Br)c2c(c1)C(C)(C)CO2. The van der Waals surface area contributed by atoms with Crippen LogP contribution in [0.25, 0.3) is 0 Å². The Kier molecular flexibility index (Phi) is 3.00. The molecular weight excluding hydrogens is 306 g/mol. The van der Waals surface area contributed by atoms with E-state index in [-0.39, 0.29) is 10.3 Å². The first-order chi connectivity index (χ1) is 7.78. The van der Waals surface area contributed by atoms with E-state index >= 15 is 0 Å². The van der Waals surface area contributed by atoms with Gasteiger partial charge in [-0.3, -0.25) is 0 Å². The summed E-state index contributed by atoms with van der Waals surface area (Å²) in [6, 6.07) is 3.24. The van der Waals surface area contributed by atoms with Crippen LogP contribution in [0, 0.1) is 0 Å². The first-order valence-electron chi connectivity index (χ1n) is 5.18. The Morgan fingerprint density at radius 3 is 2.65 bits per heavy atom. The normalized spacial score (nSPS) is 17.6. The number of fused-ring (bicyclic) bond motifs is 1. The van der Waals surface area contributed by atoms with Crippen molar-refractivity contribution in [3.8, 4) is 5.75 Å². The van der Waals surface area contributed by atoms with Gasteiger partial charge in [0.25, 0.3) is 0 Å². The Morgan fingerprint density at radius 1 is 1.41 bits per heavy atom. The average Bonchev–Trinajstić information content (AvgIpc) is 2.55. The molecule has 1 aliphatic heterocycles. The first kappa shape index (κ1) is 12.9. The Morgan fingerprint density at radius 2 is 2.06 bits per heavy atom. The average molecular weight is 320 g/mol. The van der Waals surface area contributed by atoms with E-state index in [0.717, 1.165) is 11.3 Å². The van der Waals surface area contributed by atoms with Crippen LogP contribution in [-0.2, 0) is 15.4 Å². The second-order valence-corrected chi connectivity index (χ2v) is 7.40. The number of benzene rings is 1. The van der Waals surface area contributed by atoms with Crippen molar-refractivity contribution in [3.05, 3.63) is 22.2 Å². The molecule has 2 rings (SSSR count). The molecule has 1 N–H and O–H groups in total. The molecule has 0 radical (unpaired) electrons. The van der Waals surface area contributed by atoms with Crippen molar-refractivity contribution >= 4 is 26.0 Å². The van der Waals surface area contributed by atoms with E-state index in [9.17, 15) is 8.42 Å². The molecule has 0 atom stereocenters. The summed E-state index contributed by atoms with van der Waals surface area (Å²) < 4.78 is 32.2. The van der Waals surface area contributed by atoms with Crippen molar-refractivity contribution < 1.29 is 13.2 Å². The first-order valence-corrected chi connectivity index (χ1v) is 7.46. The third-order valence-electron chi connectivity index (χ3n) is 2.90. The lowest BCUT2D eigenvalue weighted by Crippen LogP contribution is -2.21. The molecule has 1 aromatic rings. The molecule has 1 aromatic carbocycles. The smallest absolute Gasteiger partial charge is 0.240 e. The number of rotatable bonds is 2. The standard InChI is InChI=1S/C11H14BrNO3S/c1-11(2)6-16-10-8(11)4-7(5-9(10)12)17(14,15)13-3/h4-5,13H,6H2,1-3H3. The highest BCUT2D eigenvalue weighted by Gasteiger charge is 2.34. The van der Waals surface area contributed by atoms with Gasteiger partial charge in [0.05, 0.1) is 16.0 Å². The summed E-state index contributed by atoms with van der Waals surface area (Å²) in [5.41, 5.74) is 0.748. The summed E-state index contributed by atoms with van der Waals surface area (Å²) in [5, 5.41) is 0. The fraction of sp³-hybridized carbons (Fsp3) is 0.455. The van der Waals surface area contributed by atoms with Crippen molar-refractivity contribution in [2.24, 2.45) is 0 Å². The van der Waals surface area contributed by atoms with Crippen LogP contribution in [0.3, 0.4) is 0 Å². The summed E-state index contributed by atoms with van der Waals surface area (Å²) in [7, 11) is -2.03. The maximum absolute atomic E-state index is 11.8. The molecule has 0 unspecified atom stereocenters. The van der Waals surface area contributed by atoms with Crippen LogP contribution < -0.4 is 9.46 Å². The molecule has 0 fully saturated rings. The van der Waals surface area contributed by atoms with Crippen molar-refractivity contribution in [3.63, 3.8) is 0 Å². The highest BCUT2D eigenvalue weighted by Crippen LogP contribution is 2.44. The van der Waals surface area contributed by atoms with Gasteiger partial charge in [0.1, 0.15) is 5.75 Å². The largest absolute Gasteiger partial charge is 0.491 e. The van der Waals surface area contributed by atoms with E-state index in [2.05, 4.69) is 20.7 Å². The lowest BCUT2D eigenvalue weighted by Gasteiger charge is -2.16. The molecule has 0 bridgehead atoms. The van der Waals surface area contributed by atoms with Gasteiger partial charge in [0.15, 0.2) is 0 Å². The van der Waals surface area contributed by atoms with Gasteiger partial charge in [-0.15, -0.1) is 0 Å². The Bertz CT molecular complexity index is 566. The van der Waals surface area contributed by atoms with Crippen LogP contribution >= 0.6 is 15.9 Å². The molecule has 0 aliphatic carbocycles. The van der Waals surface area contributed by atoms with Crippen LogP contribution in [0.2, 0.25) is 0 Å². The van der Waals surface area contributed by atoms with Crippen LogP contribution in [0.15, 0.2) is 21.5 Å². The maximum Gasteiger partial charge on any atom is 0.240 e. The molecule has 1 heterocycles. The Labute approximate surface area is 110 Å². The van der Waals surface area contributed by atoms with Gasteiger partial charge < -0.3 is 4.74 Å². The van der Waals surface area contributed by atoms with Gasteiger partial charge >= 0.3 is 0 Å². The van der Waals surface area contributed by atoms with Gasteiger partial charge in [-0.25, -0.2) is 13.1 Å². The van der Waals surface area contributed by atoms with Crippen molar-refractivity contribution in [1.82, 2.24) is 4.72 Å². The minimum absolute atomic E-state index is 0.170. The van der Waals surface area contributed by atoms with E-state index in [0.29, 0.717) is 11.1 Å². The van der Waals surface area contributed by atoms with Gasteiger partial charge in [0, 0.05) is 11.0 Å². The van der Waals surface area contributed by atoms with Crippen LogP contribution in [0.1, 0.15) is 19.4 Å². The molecule has 0 spiro atoms. The molecule has 0 saturated heterocycles. The Balaban J connectivity index is 2.67. The van der Waals surface area contributed by atoms with E-state index in [1.165, 1.54) is 7.05 Å². The summed E-state index contributed by atoms with van der Waals surface area (Å²) in [5.74, 6) is 0.741. The molecule has 0 amide bonds. The monoisotopic (exact) mass is 319 g/mol. The van der Waals surface area contributed by atoms with E-state index in [4.69, 9.17) is 4.74 Å².